The van der Waals surface area contributed by atoms with Crippen molar-refractivity contribution in [2.24, 2.45) is 16.8 Å². The summed E-state index contributed by atoms with van der Waals surface area (Å²) in [5, 5.41) is 7.84. The van der Waals surface area contributed by atoms with Gasteiger partial charge in [-0.2, -0.15) is 0 Å². The molecule has 0 fully saturated rings. The van der Waals surface area contributed by atoms with Gasteiger partial charge in [0.2, 0.25) is 15.9 Å². The third-order valence-electron chi connectivity index (χ3n) is 3.01. The number of amides is 1. The molecule has 0 heterocycles. The second-order valence-corrected chi connectivity index (χ2v) is 6.27. The molecule has 0 aliphatic carbocycles. The largest absolute Gasteiger partial charge is 0.356 e. The maximum atomic E-state index is 11.6. The van der Waals surface area contributed by atoms with E-state index in [1.807, 2.05) is 6.92 Å². The Morgan fingerprint density at radius 3 is 2.40 bits per heavy atom. The predicted molar refractivity (Wildman–Crippen MR) is 77.4 cm³/mol. The number of carbonyl (C=O) groups excluding carboxylic acids is 1. The number of hydrogen-bond acceptors (Lipinski definition) is 4. The number of primary sulfonamides is 1. The molecule has 1 unspecified atom stereocenters. The zero-order chi connectivity index (χ0) is 15.2. The minimum atomic E-state index is -3.65. The lowest BCUT2D eigenvalue weighted by Gasteiger charge is -2.11. The highest BCUT2D eigenvalue weighted by atomic mass is 32.2. The van der Waals surface area contributed by atoms with Gasteiger partial charge in [0.1, 0.15) is 0 Å². The molecule has 1 aromatic carbocycles. The average molecular weight is 299 g/mol. The lowest BCUT2D eigenvalue weighted by Crippen LogP contribution is -2.31. The SMILES string of the molecule is CC(CCN)C(=O)NCCc1ccc(S(N)(=O)=O)cc1. The van der Waals surface area contributed by atoms with E-state index in [1.54, 1.807) is 12.1 Å². The Morgan fingerprint density at radius 1 is 1.30 bits per heavy atom. The van der Waals surface area contributed by atoms with Crippen LogP contribution >= 0.6 is 0 Å². The van der Waals surface area contributed by atoms with E-state index in [0.717, 1.165) is 5.56 Å². The summed E-state index contributed by atoms with van der Waals surface area (Å²) in [5.41, 5.74) is 6.33. The Hall–Kier alpha value is -1.44. The number of hydrogen-bond donors (Lipinski definition) is 3. The maximum absolute atomic E-state index is 11.6. The van der Waals surface area contributed by atoms with Gasteiger partial charge >= 0.3 is 0 Å². The van der Waals surface area contributed by atoms with Crippen LogP contribution in [0.4, 0.5) is 0 Å². The zero-order valence-electron chi connectivity index (χ0n) is 11.5. The molecular weight excluding hydrogens is 278 g/mol. The van der Waals surface area contributed by atoms with E-state index in [1.165, 1.54) is 12.1 Å². The maximum Gasteiger partial charge on any atom is 0.238 e. The monoisotopic (exact) mass is 299 g/mol. The average Bonchev–Trinajstić information content (AvgIpc) is 2.38. The molecule has 0 aliphatic rings. The fourth-order valence-corrected chi connectivity index (χ4v) is 2.25. The van der Waals surface area contributed by atoms with E-state index < -0.39 is 10.0 Å². The molecule has 0 saturated carbocycles. The molecule has 5 N–H and O–H groups in total. The van der Waals surface area contributed by atoms with Crippen LogP contribution in [-0.2, 0) is 21.2 Å². The molecular formula is C13H21N3O3S. The zero-order valence-corrected chi connectivity index (χ0v) is 12.3. The molecule has 1 aromatic rings. The molecule has 1 atom stereocenters. The summed E-state index contributed by atoms with van der Waals surface area (Å²) < 4.78 is 22.2. The number of benzene rings is 1. The number of sulfonamides is 1. The molecule has 20 heavy (non-hydrogen) atoms. The molecule has 0 radical (unpaired) electrons. The second-order valence-electron chi connectivity index (χ2n) is 4.71. The van der Waals surface area contributed by atoms with Crippen LogP contribution < -0.4 is 16.2 Å². The van der Waals surface area contributed by atoms with Crippen molar-refractivity contribution in [3.8, 4) is 0 Å². The summed E-state index contributed by atoms with van der Waals surface area (Å²) in [7, 11) is -3.65. The molecule has 7 heteroatoms. The first-order valence-corrected chi connectivity index (χ1v) is 7.98. The molecule has 0 aromatic heterocycles. The van der Waals surface area contributed by atoms with Crippen molar-refractivity contribution < 1.29 is 13.2 Å². The first kappa shape index (κ1) is 16.6. The van der Waals surface area contributed by atoms with E-state index in [9.17, 15) is 13.2 Å². The lowest BCUT2D eigenvalue weighted by atomic mass is 10.1. The quantitative estimate of drug-likeness (QED) is 0.656. The highest BCUT2D eigenvalue weighted by Crippen LogP contribution is 2.09. The molecule has 0 bridgehead atoms. The molecule has 0 aliphatic heterocycles. The number of rotatable bonds is 7. The minimum absolute atomic E-state index is 0.0170. The van der Waals surface area contributed by atoms with E-state index in [2.05, 4.69) is 5.32 Å². The van der Waals surface area contributed by atoms with Crippen LogP contribution in [0.25, 0.3) is 0 Å². The van der Waals surface area contributed by atoms with Crippen molar-refractivity contribution in [1.29, 1.82) is 0 Å². The van der Waals surface area contributed by atoms with Gasteiger partial charge in [0.05, 0.1) is 4.90 Å². The van der Waals surface area contributed by atoms with Crippen molar-refractivity contribution in [3.05, 3.63) is 29.8 Å². The van der Waals surface area contributed by atoms with Crippen LogP contribution in [0.1, 0.15) is 18.9 Å². The van der Waals surface area contributed by atoms with Crippen molar-refractivity contribution in [3.63, 3.8) is 0 Å². The molecule has 112 valence electrons. The summed E-state index contributed by atoms with van der Waals surface area (Å²) in [6.45, 7) is 2.83. The molecule has 1 amide bonds. The van der Waals surface area contributed by atoms with Crippen LogP contribution in [0.5, 0.6) is 0 Å². The smallest absolute Gasteiger partial charge is 0.238 e. The van der Waals surface area contributed by atoms with Crippen LogP contribution in [0.15, 0.2) is 29.2 Å². The van der Waals surface area contributed by atoms with Crippen LogP contribution in [0.3, 0.4) is 0 Å². The molecule has 0 saturated heterocycles. The Kier molecular flexibility index (Phi) is 6.12. The number of nitrogens with one attached hydrogen (secondary N) is 1. The van der Waals surface area contributed by atoms with Gasteiger partial charge in [0.15, 0.2) is 0 Å². The van der Waals surface area contributed by atoms with Gasteiger partial charge in [-0.1, -0.05) is 19.1 Å². The normalized spacial score (nSPS) is 12.9. The summed E-state index contributed by atoms with van der Waals surface area (Å²) in [6, 6.07) is 6.30. The van der Waals surface area contributed by atoms with Gasteiger partial charge in [-0.25, -0.2) is 13.6 Å². The van der Waals surface area contributed by atoms with Crippen molar-refractivity contribution >= 4 is 15.9 Å². The first-order chi connectivity index (χ1) is 9.34. The van der Waals surface area contributed by atoms with Gasteiger partial charge in [-0.15, -0.1) is 0 Å². The first-order valence-electron chi connectivity index (χ1n) is 6.44. The highest BCUT2D eigenvalue weighted by molar-refractivity contribution is 7.89. The number of nitrogens with two attached hydrogens (primary N) is 2. The third kappa shape index (κ3) is 5.28. The molecule has 6 nitrogen and oxygen atoms in total. The van der Waals surface area contributed by atoms with E-state index >= 15 is 0 Å². The summed E-state index contributed by atoms with van der Waals surface area (Å²) >= 11 is 0. The van der Waals surface area contributed by atoms with Crippen molar-refractivity contribution in [2.75, 3.05) is 13.1 Å². The summed E-state index contributed by atoms with van der Waals surface area (Å²) in [6.07, 6.45) is 1.29. The minimum Gasteiger partial charge on any atom is -0.356 e. The van der Waals surface area contributed by atoms with Gasteiger partial charge in [0.25, 0.3) is 0 Å². The summed E-state index contributed by atoms with van der Waals surface area (Å²) in [5.74, 6) is -0.110. The van der Waals surface area contributed by atoms with Gasteiger partial charge in [-0.05, 0) is 37.1 Å². The van der Waals surface area contributed by atoms with Crippen LogP contribution in [0.2, 0.25) is 0 Å². The van der Waals surface area contributed by atoms with Crippen LogP contribution in [0, 0.1) is 5.92 Å². The Bertz CT molecular complexity index is 540. The number of carbonyl (C=O) groups is 1. The fraction of sp³-hybridized carbons (Fsp3) is 0.462. The van der Waals surface area contributed by atoms with E-state index in [0.29, 0.717) is 25.9 Å². The lowest BCUT2D eigenvalue weighted by molar-refractivity contribution is -0.124. The third-order valence-corrected chi connectivity index (χ3v) is 3.94. The van der Waals surface area contributed by atoms with Crippen molar-refractivity contribution in [2.45, 2.75) is 24.7 Å². The van der Waals surface area contributed by atoms with Gasteiger partial charge < -0.3 is 11.1 Å². The van der Waals surface area contributed by atoms with Gasteiger partial charge in [-0.3, -0.25) is 4.79 Å². The van der Waals surface area contributed by atoms with E-state index in [-0.39, 0.29) is 16.7 Å². The van der Waals surface area contributed by atoms with E-state index in [4.69, 9.17) is 10.9 Å². The summed E-state index contributed by atoms with van der Waals surface area (Å²) in [4.78, 5) is 11.7. The topological polar surface area (TPSA) is 115 Å². The second kappa shape index (κ2) is 7.37. The molecule has 1 rings (SSSR count). The Balaban J connectivity index is 2.45. The fourth-order valence-electron chi connectivity index (χ4n) is 1.73. The Labute approximate surface area is 119 Å². The standard InChI is InChI=1S/C13H21N3O3S/c1-10(6-8-14)13(17)16-9-7-11-2-4-12(5-3-11)20(15,18)19/h2-5,10H,6-9,14H2,1H3,(H,16,17)(H2,15,18,19). The molecule has 0 spiro atoms. The predicted octanol–water partition coefficient (Wildman–Crippen LogP) is -0.0224. The van der Waals surface area contributed by atoms with Crippen molar-refractivity contribution in [1.82, 2.24) is 5.32 Å². The van der Waals surface area contributed by atoms with Crippen LogP contribution in [-0.4, -0.2) is 27.4 Å². The van der Waals surface area contributed by atoms with Gasteiger partial charge in [0, 0.05) is 12.5 Å². The Morgan fingerprint density at radius 2 is 1.90 bits per heavy atom. The highest BCUT2D eigenvalue weighted by Gasteiger charge is 2.11.